The number of methoxy groups -OCH3 is 1. The van der Waals surface area contributed by atoms with E-state index in [1.807, 2.05) is 73.7 Å². The Bertz CT molecular complexity index is 956. The van der Waals surface area contributed by atoms with Crippen molar-refractivity contribution in [2.45, 2.75) is 20.0 Å². The van der Waals surface area contributed by atoms with E-state index in [9.17, 15) is 4.79 Å². The van der Waals surface area contributed by atoms with E-state index >= 15 is 0 Å². The van der Waals surface area contributed by atoms with E-state index in [1.165, 1.54) is 16.0 Å². The van der Waals surface area contributed by atoms with Crippen LogP contribution in [0.5, 0.6) is 11.5 Å². The summed E-state index contributed by atoms with van der Waals surface area (Å²) in [5.74, 6) is 1.43. The second kappa shape index (κ2) is 10.5. The van der Waals surface area contributed by atoms with Gasteiger partial charge in [0.15, 0.2) is 11.5 Å². The van der Waals surface area contributed by atoms with Gasteiger partial charge in [-0.3, -0.25) is 4.79 Å². The molecule has 0 aliphatic carbocycles. The quantitative estimate of drug-likeness (QED) is 0.572. The molecule has 2 N–H and O–H groups in total. The third-order valence-corrected chi connectivity index (χ3v) is 4.79. The molecule has 0 spiro atoms. The van der Waals surface area contributed by atoms with Crippen LogP contribution in [0, 0.1) is 0 Å². The number of carbonyl (C=O) groups is 1. The molecular formula is C25H29N2O3+. The maximum Gasteiger partial charge on any atom is 0.255 e. The highest BCUT2D eigenvalue weighted by Crippen LogP contribution is 2.27. The Morgan fingerprint density at radius 2 is 1.57 bits per heavy atom. The lowest BCUT2D eigenvalue weighted by atomic mass is 10.1. The van der Waals surface area contributed by atoms with Crippen LogP contribution in [-0.4, -0.2) is 26.7 Å². The molecule has 1 amide bonds. The molecule has 0 bridgehead atoms. The second-order valence-electron chi connectivity index (χ2n) is 7.25. The number of ether oxygens (including phenoxy) is 2. The first-order chi connectivity index (χ1) is 14.6. The molecule has 0 fully saturated rings. The summed E-state index contributed by atoms with van der Waals surface area (Å²) < 4.78 is 11.0. The van der Waals surface area contributed by atoms with Gasteiger partial charge in [0.25, 0.3) is 5.91 Å². The lowest BCUT2D eigenvalue weighted by Gasteiger charge is -2.16. The van der Waals surface area contributed by atoms with Crippen LogP contribution in [0.3, 0.4) is 0 Å². The van der Waals surface area contributed by atoms with E-state index in [-0.39, 0.29) is 5.91 Å². The Balaban J connectivity index is 1.58. The number of para-hydroxylation sites is 1. The summed E-state index contributed by atoms with van der Waals surface area (Å²) in [6.07, 6.45) is 0. The fourth-order valence-corrected chi connectivity index (χ4v) is 3.35. The summed E-state index contributed by atoms with van der Waals surface area (Å²) in [7, 11) is 3.81. The number of anilines is 1. The zero-order valence-electron chi connectivity index (χ0n) is 17.8. The van der Waals surface area contributed by atoms with Crippen molar-refractivity contribution in [1.29, 1.82) is 0 Å². The lowest BCUT2D eigenvalue weighted by Crippen LogP contribution is -3.06. The van der Waals surface area contributed by atoms with E-state index in [4.69, 9.17) is 9.47 Å². The molecule has 5 heteroatoms. The van der Waals surface area contributed by atoms with E-state index in [1.54, 1.807) is 7.11 Å². The molecule has 0 aliphatic heterocycles. The Labute approximate surface area is 178 Å². The summed E-state index contributed by atoms with van der Waals surface area (Å²) >= 11 is 0. The minimum Gasteiger partial charge on any atom is -0.493 e. The standard InChI is InChI=1S/C25H28N2O3/c1-4-30-23-15-12-20(16-24(23)29-3)18-27(2)17-19-10-13-21(14-11-19)25(28)26-22-8-6-5-7-9-22/h5-16H,4,17-18H2,1-3H3,(H,26,28)/p+1. The van der Waals surface area contributed by atoms with Crippen LogP contribution in [0.4, 0.5) is 5.69 Å². The predicted molar refractivity (Wildman–Crippen MR) is 119 cm³/mol. The van der Waals surface area contributed by atoms with Crippen molar-refractivity contribution >= 4 is 11.6 Å². The monoisotopic (exact) mass is 405 g/mol. The first-order valence-corrected chi connectivity index (χ1v) is 10.2. The van der Waals surface area contributed by atoms with Crippen LogP contribution >= 0.6 is 0 Å². The summed E-state index contributed by atoms with van der Waals surface area (Å²) in [4.78, 5) is 13.7. The Hall–Kier alpha value is -3.31. The number of quaternary nitrogens is 1. The summed E-state index contributed by atoms with van der Waals surface area (Å²) in [5.41, 5.74) is 3.81. The maximum atomic E-state index is 12.4. The van der Waals surface area contributed by atoms with Gasteiger partial charge in [-0.05, 0) is 49.4 Å². The van der Waals surface area contributed by atoms with E-state index in [0.29, 0.717) is 12.2 Å². The van der Waals surface area contributed by atoms with Crippen molar-refractivity contribution in [3.63, 3.8) is 0 Å². The number of carbonyl (C=O) groups excluding carboxylic acids is 1. The Morgan fingerprint density at radius 1 is 0.900 bits per heavy atom. The van der Waals surface area contributed by atoms with Crippen LogP contribution < -0.4 is 19.7 Å². The average molecular weight is 406 g/mol. The van der Waals surface area contributed by atoms with Gasteiger partial charge in [0, 0.05) is 22.4 Å². The molecule has 0 aliphatic rings. The number of rotatable bonds is 9. The minimum absolute atomic E-state index is 0.102. The van der Waals surface area contributed by atoms with Gasteiger partial charge in [-0.15, -0.1) is 0 Å². The molecule has 3 aromatic rings. The first-order valence-electron chi connectivity index (χ1n) is 10.2. The molecule has 0 radical (unpaired) electrons. The summed E-state index contributed by atoms with van der Waals surface area (Å²) in [6, 6.07) is 23.3. The van der Waals surface area contributed by atoms with E-state index < -0.39 is 0 Å². The third-order valence-electron chi connectivity index (χ3n) is 4.79. The highest BCUT2D eigenvalue weighted by Gasteiger charge is 2.11. The van der Waals surface area contributed by atoms with Gasteiger partial charge < -0.3 is 19.7 Å². The van der Waals surface area contributed by atoms with Gasteiger partial charge in [-0.25, -0.2) is 0 Å². The van der Waals surface area contributed by atoms with Gasteiger partial charge in [-0.1, -0.05) is 30.3 Å². The van der Waals surface area contributed by atoms with Crippen LogP contribution in [0.2, 0.25) is 0 Å². The van der Waals surface area contributed by atoms with Gasteiger partial charge >= 0.3 is 0 Å². The molecule has 156 valence electrons. The molecule has 0 aromatic heterocycles. The predicted octanol–water partition coefficient (Wildman–Crippen LogP) is 3.56. The molecule has 1 atom stereocenters. The van der Waals surface area contributed by atoms with Crippen molar-refractivity contribution in [2.24, 2.45) is 0 Å². The Kier molecular flexibility index (Phi) is 7.46. The van der Waals surface area contributed by atoms with Crippen LogP contribution in [-0.2, 0) is 13.1 Å². The number of hydrogen-bond donors (Lipinski definition) is 2. The summed E-state index contributed by atoms with van der Waals surface area (Å²) in [5, 5.41) is 2.91. The van der Waals surface area contributed by atoms with Gasteiger partial charge in [0.05, 0.1) is 20.8 Å². The molecule has 0 heterocycles. The molecule has 0 saturated heterocycles. The van der Waals surface area contributed by atoms with Crippen LogP contribution in [0.25, 0.3) is 0 Å². The summed E-state index contributed by atoms with van der Waals surface area (Å²) in [6.45, 7) is 4.29. The second-order valence-corrected chi connectivity index (χ2v) is 7.25. The van der Waals surface area contributed by atoms with E-state index in [0.717, 1.165) is 30.3 Å². The first kappa shape index (κ1) is 21.4. The molecule has 30 heavy (non-hydrogen) atoms. The molecule has 1 unspecified atom stereocenters. The average Bonchev–Trinajstić information content (AvgIpc) is 2.76. The van der Waals surface area contributed by atoms with Crippen molar-refractivity contribution in [3.05, 3.63) is 89.5 Å². The van der Waals surface area contributed by atoms with Crippen molar-refractivity contribution in [2.75, 3.05) is 26.1 Å². The Morgan fingerprint density at radius 3 is 2.23 bits per heavy atom. The zero-order chi connectivity index (χ0) is 21.3. The normalized spacial score (nSPS) is 11.6. The van der Waals surface area contributed by atoms with Crippen molar-refractivity contribution in [1.82, 2.24) is 0 Å². The van der Waals surface area contributed by atoms with Gasteiger partial charge in [0.1, 0.15) is 13.1 Å². The SMILES string of the molecule is CCOc1ccc(C[NH+](C)Cc2ccc(C(=O)Nc3ccccc3)cc2)cc1OC. The molecular weight excluding hydrogens is 376 g/mol. The molecule has 3 aromatic carbocycles. The fourth-order valence-electron chi connectivity index (χ4n) is 3.35. The fraction of sp³-hybridized carbons (Fsp3) is 0.240. The van der Waals surface area contributed by atoms with Gasteiger partial charge in [0.2, 0.25) is 0 Å². The minimum atomic E-state index is -0.102. The lowest BCUT2D eigenvalue weighted by molar-refractivity contribution is -0.907. The molecule has 5 nitrogen and oxygen atoms in total. The topological polar surface area (TPSA) is 52.0 Å². The van der Waals surface area contributed by atoms with Crippen molar-refractivity contribution < 1.29 is 19.2 Å². The van der Waals surface area contributed by atoms with E-state index in [2.05, 4.69) is 18.4 Å². The highest BCUT2D eigenvalue weighted by atomic mass is 16.5. The smallest absolute Gasteiger partial charge is 0.255 e. The number of benzene rings is 3. The maximum absolute atomic E-state index is 12.4. The van der Waals surface area contributed by atoms with Crippen LogP contribution in [0.15, 0.2) is 72.8 Å². The number of amides is 1. The number of nitrogens with one attached hydrogen (secondary N) is 2. The van der Waals surface area contributed by atoms with Gasteiger partial charge in [-0.2, -0.15) is 0 Å². The zero-order valence-corrected chi connectivity index (χ0v) is 17.8. The third kappa shape index (κ3) is 5.84. The largest absolute Gasteiger partial charge is 0.493 e. The molecule has 3 rings (SSSR count). The number of hydrogen-bond acceptors (Lipinski definition) is 3. The highest BCUT2D eigenvalue weighted by molar-refractivity contribution is 6.04. The van der Waals surface area contributed by atoms with Crippen LogP contribution in [0.1, 0.15) is 28.4 Å². The molecule has 0 saturated carbocycles. The van der Waals surface area contributed by atoms with Crippen molar-refractivity contribution in [3.8, 4) is 11.5 Å².